The molecule has 17 heavy (non-hydrogen) atoms. The van der Waals surface area contributed by atoms with Gasteiger partial charge in [0.2, 0.25) is 5.88 Å². The van der Waals surface area contributed by atoms with Crippen LogP contribution in [-0.2, 0) is 13.2 Å². The van der Waals surface area contributed by atoms with E-state index in [0.717, 1.165) is 5.56 Å². The average molecular weight is 231 g/mol. The van der Waals surface area contributed by atoms with E-state index in [-0.39, 0.29) is 6.61 Å². The number of ether oxygens (including phenoxy) is 1. The second-order valence-electron chi connectivity index (χ2n) is 3.46. The molecular formula is C12H13N3O2. The number of aliphatic hydroxyl groups is 1. The number of hydrogen-bond acceptors (Lipinski definition) is 5. The van der Waals surface area contributed by atoms with Gasteiger partial charge in [-0.15, -0.1) is 0 Å². The van der Waals surface area contributed by atoms with E-state index < -0.39 is 0 Å². The van der Waals surface area contributed by atoms with Gasteiger partial charge in [-0.1, -0.05) is 12.1 Å². The largest absolute Gasteiger partial charge is 0.437 e. The van der Waals surface area contributed by atoms with E-state index in [9.17, 15) is 0 Å². The van der Waals surface area contributed by atoms with Gasteiger partial charge in [0.05, 0.1) is 24.7 Å². The van der Waals surface area contributed by atoms with Crippen molar-refractivity contribution in [1.29, 1.82) is 0 Å². The zero-order valence-electron chi connectivity index (χ0n) is 9.21. The fourth-order valence-electron chi connectivity index (χ4n) is 1.33. The number of aliphatic hydroxyl groups excluding tert-OH is 1. The normalized spacial score (nSPS) is 10.2. The quantitative estimate of drug-likeness (QED) is 0.826. The molecule has 0 amide bonds. The molecule has 5 nitrogen and oxygen atoms in total. The fourth-order valence-corrected chi connectivity index (χ4v) is 1.33. The maximum Gasteiger partial charge on any atom is 0.237 e. The smallest absolute Gasteiger partial charge is 0.237 e. The lowest BCUT2D eigenvalue weighted by atomic mass is 10.2. The van der Waals surface area contributed by atoms with Crippen LogP contribution in [-0.4, -0.2) is 15.1 Å². The molecule has 1 heterocycles. The molecule has 0 saturated carbocycles. The molecule has 0 saturated heterocycles. The minimum absolute atomic E-state index is 0.0189. The van der Waals surface area contributed by atoms with Crippen LogP contribution >= 0.6 is 0 Å². The van der Waals surface area contributed by atoms with Crippen LogP contribution in [0.4, 0.5) is 0 Å². The lowest BCUT2D eigenvalue weighted by molar-refractivity contribution is 0.281. The molecule has 2 rings (SSSR count). The van der Waals surface area contributed by atoms with Gasteiger partial charge in [-0.05, 0) is 17.7 Å². The number of nitrogens with two attached hydrogens (primary N) is 1. The molecule has 3 N–H and O–H groups in total. The summed E-state index contributed by atoms with van der Waals surface area (Å²) in [6.45, 7) is 0.336. The topological polar surface area (TPSA) is 81.3 Å². The molecule has 1 aromatic carbocycles. The molecule has 0 fully saturated rings. The minimum Gasteiger partial charge on any atom is -0.437 e. The van der Waals surface area contributed by atoms with E-state index in [0.29, 0.717) is 23.9 Å². The molecular weight excluding hydrogens is 218 g/mol. The number of hydrogen-bond donors (Lipinski definition) is 2. The molecule has 0 aliphatic heterocycles. The highest BCUT2D eigenvalue weighted by Crippen LogP contribution is 2.19. The van der Waals surface area contributed by atoms with Gasteiger partial charge < -0.3 is 15.6 Å². The van der Waals surface area contributed by atoms with Crippen LogP contribution in [0.1, 0.15) is 11.3 Å². The molecule has 0 radical (unpaired) electrons. The Labute approximate surface area is 98.9 Å². The summed E-state index contributed by atoms with van der Waals surface area (Å²) in [6, 6.07) is 7.16. The predicted octanol–water partition coefficient (Wildman–Crippen LogP) is 1.22. The maximum atomic E-state index is 9.00. The van der Waals surface area contributed by atoms with E-state index in [1.165, 1.54) is 6.20 Å². The Hall–Kier alpha value is -1.98. The molecule has 2 aromatic rings. The SMILES string of the molecule is NCc1cnc(Oc2cccc(CO)c2)cn1. The van der Waals surface area contributed by atoms with E-state index in [2.05, 4.69) is 9.97 Å². The lowest BCUT2D eigenvalue weighted by Crippen LogP contribution is -2.00. The third kappa shape index (κ3) is 2.99. The summed E-state index contributed by atoms with van der Waals surface area (Å²) in [5.74, 6) is 1.02. The van der Waals surface area contributed by atoms with Gasteiger partial charge in [-0.2, -0.15) is 0 Å². The van der Waals surface area contributed by atoms with Crippen molar-refractivity contribution in [2.45, 2.75) is 13.2 Å². The highest BCUT2D eigenvalue weighted by Gasteiger charge is 2.00. The Balaban J connectivity index is 2.13. The van der Waals surface area contributed by atoms with Crippen LogP contribution in [0, 0.1) is 0 Å². The highest BCUT2D eigenvalue weighted by molar-refractivity contribution is 5.30. The van der Waals surface area contributed by atoms with Crippen molar-refractivity contribution in [3.05, 3.63) is 47.9 Å². The first-order chi connectivity index (χ1) is 8.31. The summed E-state index contributed by atoms with van der Waals surface area (Å²) in [4.78, 5) is 8.15. The number of rotatable bonds is 4. The molecule has 5 heteroatoms. The summed E-state index contributed by atoms with van der Waals surface area (Å²) in [5, 5.41) is 9.00. The van der Waals surface area contributed by atoms with Crippen LogP contribution < -0.4 is 10.5 Å². The summed E-state index contributed by atoms with van der Waals surface area (Å²) < 4.78 is 5.49. The number of nitrogens with zero attached hydrogens (tertiary/aromatic N) is 2. The first kappa shape index (κ1) is 11.5. The van der Waals surface area contributed by atoms with Gasteiger partial charge in [0, 0.05) is 6.54 Å². The Bertz CT molecular complexity index is 485. The number of benzene rings is 1. The Kier molecular flexibility index (Phi) is 3.64. The van der Waals surface area contributed by atoms with E-state index in [1.807, 2.05) is 12.1 Å². The van der Waals surface area contributed by atoms with E-state index >= 15 is 0 Å². The molecule has 0 unspecified atom stereocenters. The Morgan fingerprint density at radius 2 is 2.12 bits per heavy atom. The van der Waals surface area contributed by atoms with Crippen LogP contribution in [0.15, 0.2) is 36.7 Å². The van der Waals surface area contributed by atoms with Gasteiger partial charge in [0.15, 0.2) is 0 Å². The molecule has 0 atom stereocenters. The van der Waals surface area contributed by atoms with Crippen LogP contribution in [0.25, 0.3) is 0 Å². The van der Waals surface area contributed by atoms with E-state index in [4.69, 9.17) is 15.6 Å². The minimum atomic E-state index is -0.0189. The third-order valence-corrected chi connectivity index (χ3v) is 2.19. The third-order valence-electron chi connectivity index (χ3n) is 2.19. The van der Waals surface area contributed by atoms with Crippen LogP contribution in [0.3, 0.4) is 0 Å². The van der Waals surface area contributed by atoms with Crippen molar-refractivity contribution in [3.63, 3.8) is 0 Å². The van der Waals surface area contributed by atoms with Gasteiger partial charge >= 0.3 is 0 Å². The summed E-state index contributed by atoms with van der Waals surface area (Å²) >= 11 is 0. The Morgan fingerprint density at radius 3 is 2.76 bits per heavy atom. The zero-order chi connectivity index (χ0) is 12.1. The van der Waals surface area contributed by atoms with Crippen molar-refractivity contribution < 1.29 is 9.84 Å². The fraction of sp³-hybridized carbons (Fsp3) is 0.167. The Morgan fingerprint density at radius 1 is 1.24 bits per heavy atom. The van der Waals surface area contributed by atoms with Gasteiger partial charge in [0.1, 0.15) is 5.75 Å². The highest BCUT2D eigenvalue weighted by atomic mass is 16.5. The zero-order valence-corrected chi connectivity index (χ0v) is 9.21. The van der Waals surface area contributed by atoms with Crippen LogP contribution in [0.2, 0.25) is 0 Å². The molecule has 1 aromatic heterocycles. The first-order valence-electron chi connectivity index (χ1n) is 5.20. The molecule has 0 spiro atoms. The molecule has 0 aliphatic rings. The van der Waals surface area contributed by atoms with E-state index in [1.54, 1.807) is 18.3 Å². The second kappa shape index (κ2) is 5.38. The van der Waals surface area contributed by atoms with Crippen molar-refractivity contribution in [2.75, 3.05) is 0 Å². The van der Waals surface area contributed by atoms with Gasteiger partial charge in [0.25, 0.3) is 0 Å². The van der Waals surface area contributed by atoms with Crippen molar-refractivity contribution in [3.8, 4) is 11.6 Å². The first-order valence-corrected chi connectivity index (χ1v) is 5.20. The van der Waals surface area contributed by atoms with Gasteiger partial charge in [-0.25, -0.2) is 4.98 Å². The lowest BCUT2D eigenvalue weighted by Gasteiger charge is -2.05. The average Bonchev–Trinajstić information content (AvgIpc) is 2.40. The monoisotopic (exact) mass is 231 g/mol. The van der Waals surface area contributed by atoms with Crippen molar-refractivity contribution >= 4 is 0 Å². The predicted molar refractivity (Wildman–Crippen MR) is 62.4 cm³/mol. The molecule has 0 aliphatic carbocycles. The number of aromatic nitrogens is 2. The summed E-state index contributed by atoms with van der Waals surface area (Å²) in [6.07, 6.45) is 3.10. The molecule has 0 bridgehead atoms. The maximum absolute atomic E-state index is 9.00. The summed E-state index contributed by atoms with van der Waals surface area (Å²) in [7, 11) is 0. The van der Waals surface area contributed by atoms with Crippen molar-refractivity contribution in [1.82, 2.24) is 9.97 Å². The van der Waals surface area contributed by atoms with Crippen molar-refractivity contribution in [2.24, 2.45) is 5.73 Å². The summed E-state index contributed by atoms with van der Waals surface area (Å²) in [5.41, 5.74) is 6.92. The van der Waals surface area contributed by atoms with Crippen LogP contribution in [0.5, 0.6) is 11.6 Å². The molecule has 88 valence electrons. The second-order valence-corrected chi connectivity index (χ2v) is 3.46. The standard InChI is InChI=1S/C12H13N3O2/c13-5-10-6-15-12(7-14-10)17-11-3-1-2-9(4-11)8-16/h1-4,6-7,16H,5,8,13H2. The van der Waals surface area contributed by atoms with Gasteiger partial charge in [-0.3, -0.25) is 4.98 Å².